The summed E-state index contributed by atoms with van der Waals surface area (Å²) in [5, 5.41) is 2.77. The molecular weight excluding hydrogens is 229 g/mol. The number of hydrogen-bond donors (Lipinski definition) is 1. The molecule has 0 spiro atoms. The highest BCUT2D eigenvalue weighted by Crippen LogP contribution is 2.16. The molecule has 3 heteroatoms. The molecule has 2 rings (SSSR count). The minimum Gasteiger partial charge on any atom is -0.345 e. The number of amides is 1. The molecule has 92 valence electrons. The number of carbonyl (C=O) groups is 1. The van der Waals surface area contributed by atoms with E-state index in [0.29, 0.717) is 11.1 Å². The minimum absolute atomic E-state index is 0.202. The Hall–Kier alpha value is -2.16. The summed E-state index contributed by atoms with van der Waals surface area (Å²) in [5.74, 6) is -0.510. The van der Waals surface area contributed by atoms with Gasteiger partial charge in [0, 0.05) is 11.1 Å². The average molecular weight is 243 g/mol. The summed E-state index contributed by atoms with van der Waals surface area (Å²) in [5.41, 5.74) is 1.06. The van der Waals surface area contributed by atoms with Crippen molar-refractivity contribution in [1.29, 1.82) is 0 Å². The van der Waals surface area contributed by atoms with Crippen LogP contribution in [0.5, 0.6) is 0 Å². The lowest BCUT2D eigenvalue weighted by atomic mass is 10.1. The number of benzene rings is 2. The predicted molar refractivity (Wildman–Crippen MR) is 68.7 cm³/mol. The normalized spacial score (nSPS) is 11.9. The first kappa shape index (κ1) is 12.3. The average Bonchev–Trinajstić information content (AvgIpc) is 2.40. The van der Waals surface area contributed by atoms with Crippen molar-refractivity contribution in [3.63, 3.8) is 0 Å². The summed E-state index contributed by atoms with van der Waals surface area (Å²) in [6.45, 7) is 1.76. The molecule has 18 heavy (non-hydrogen) atoms. The first-order chi connectivity index (χ1) is 8.68. The van der Waals surface area contributed by atoms with Crippen LogP contribution < -0.4 is 5.32 Å². The van der Waals surface area contributed by atoms with E-state index >= 15 is 0 Å². The third-order valence-electron chi connectivity index (χ3n) is 2.76. The first-order valence-electron chi connectivity index (χ1n) is 5.79. The van der Waals surface area contributed by atoms with Gasteiger partial charge in [0.05, 0.1) is 6.04 Å². The Bertz CT molecular complexity index is 539. The second-order valence-electron chi connectivity index (χ2n) is 4.08. The van der Waals surface area contributed by atoms with Crippen LogP contribution in [0.2, 0.25) is 0 Å². The van der Waals surface area contributed by atoms with Gasteiger partial charge in [0.15, 0.2) is 0 Å². The fraction of sp³-hybridized carbons (Fsp3) is 0.133. The fourth-order valence-corrected chi connectivity index (χ4v) is 1.77. The maximum Gasteiger partial charge on any atom is 0.251 e. The van der Waals surface area contributed by atoms with Crippen LogP contribution in [0.4, 0.5) is 4.39 Å². The highest BCUT2D eigenvalue weighted by Gasteiger charge is 2.13. The standard InChI is InChI=1S/C15H14FNO/c1-11(13-9-5-6-10-14(13)16)17-15(18)12-7-3-2-4-8-12/h2-11H,1H3,(H,17,18)/t11-/m1/s1. The molecule has 1 amide bonds. The van der Waals surface area contributed by atoms with E-state index < -0.39 is 0 Å². The van der Waals surface area contributed by atoms with Crippen LogP contribution in [-0.2, 0) is 0 Å². The predicted octanol–water partition coefficient (Wildman–Crippen LogP) is 3.32. The number of halogens is 1. The monoisotopic (exact) mass is 243 g/mol. The van der Waals surface area contributed by atoms with Crippen LogP contribution in [-0.4, -0.2) is 5.91 Å². The van der Waals surface area contributed by atoms with Gasteiger partial charge >= 0.3 is 0 Å². The quantitative estimate of drug-likeness (QED) is 0.880. The molecule has 0 radical (unpaired) electrons. The van der Waals surface area contributed by atoms with Gasteiger partial charge in [0.2, 0.25) is 0 Å². The molecule has 1 atom stereocenters. The first-order valence-corrected chi connectivity index (χ1v) is 5.79. The summed E-state index contributed by atoms with van der Waals surface area (Å²) in [7, 11) is 0. The number of nitrogens with one attached hydrogen (secondary N) is 1. The van der Waals surface area contributed by atoms with E-state index in [1.54, 1.807) is 49.4 Å². The molecule has 0 saturated carbocycles. The van der Waals surface area contributed by atoms with Gasteiger partial charge in [-0.3, -0.25) is 4.79 Å². The maximum atomic E-state index is 13.5. The van der Waals surface area contributed by atoms with Crippen LogP contribution in [0.1, 0.15) is 28.9 Å². The maximum absolute atomic E-state index is 13.5. The van der Waals surface area contributed by atoms with Crippen LogP contribution in [0.3, 0.4) is 0 Å². The lowest BCUT2D eigenvalue weighted by molar-refractivity contribution is 0.0939. The van der Waals surface area contributed by atoms with E-state index in [2.05, 4.69) is 5.32 Å². The Morgan fingerprint density at radius 2 is 1.67 bits per heavy atom. The third kappa shape index (κ3) is 2.74. The summed E-state index contributed by atoms with van der Waals surface area (Å²) in [6, 6.07) is 15.0. The molecule has 2 aromatic rings. The van der Waals surface area contributed by atoms with E-state index in [-0.39, 0.29) is 17.8 Å². The summed E-state index contributed by atoms with van der Waals surface area (Å²) >= 11 is 0. The summed E-state index contributed by atoms with van der Waals surface area (Å²) < 4.78 is 13.5. The molecule has 0 aromatic heterocycles. The highest BCUT2D eigenvalue weighted by molar-refractivity contribution is 5.94. The van der Waals surface area contributed by atoms with Crippen molar-refractivity contribution in [2.45, 2.75) is 13.0 Å². The Morgan fingerprint density at radius 1 is 1.06 bits per heavy atom. The third-order valence-corrected chi connectivity index (χ3v) is 2.76. The van der Waals surface area contributed by atoms with Crippen LogP contribution in [0.25, 0.3) is 0 Å². The van der Waals surface area contributed by atoms with Crippen molar-refractivity contribution in [1.82, 2.24) is 5.32 Å². The van der Waals surface area contributed by atoms with Crippen molar-refractivity contribution in [3.05, 3.63) is 71.5 Å². The van der Waals surface area contributed by atoms with Gasteiger partial charge in [-0.1, -0.05) is 36.4 Å². The van der Waals surface area contributed by atoms with Crippen molar-refractivity contribution in [3.8, 4) is 0 Å². The molecule has 0 saturated heterocycles. The van der Waals surface area contributed by atoms with Gasteiger partial charge in [0.25, 0.3) is 5.91 Å². The largest absolute Gasteiger partial charge is 0.345 e. The second kappa shape index (κ2) is 5.45. The van der Waals surface area contributed by atoms with Crippen LogP contribution >= 0.6 is 0 Å². The molecular formula is C15H14FNO. The second-order valence-corrected chi connectivity index (χ2v) is 4.08. The van der Waals surface area contributed by atoms with E-state index in [4.69, 9.17) is 0 Å². The molecule has 0 fully saturated rings. The minimum atomic E-state index is -0.362. The Morgan fingerprint density at radius 3 is 2.33 bits per heavy atom. The molecule has 0 heterocycles. The van der Waals surface area contributed by atoms with Gasteiger partial charge in [-0.25, -0.2) is 4.39 Å². The Labute approximate surface area is 105 Å². The lowest BCUT2D eigenvalue weighted by Crippen LogP contribution is -2.27. The van der Waals surface area contributed by atoms with Crippen molar-refractivity contribution in [2.75, 3.05) is 0 Å². The number of carbonyl (C=O) groups excluding carboxylic acids is 1. The molecule has 0 bridgehead atoms. The molecule has 2 aromatic carbocycles. The Kier molecular flexibility index (Phi) is 3.72. The molecule has 1 N–H and O–H groups in total. The van der Waals surface area contributed by atoms with Gasteiger partial charge in [-0.15, -0.1) is 0 Å². The van der Waals surface area contributed by atoms with Gasteiger partial charge in [0.1, 0.15) is 5.82 Å². The number of rotatable bonds is 3. The molecule has 0 aliphatic heterocycles. The van der Waals surface area contributed by atoms with Gasteiger partial charge in [-0.05, 0) is 25.1 Å². The molecule has 0 aliphatic carbocycles. The fourth-order valence-electron chi connectivity index (χ4n) is 1.77. The van der Waals surface area contributed by atoms with E-state index in [9.17, 15) is 9.18 Å². The zero-order chi connectivity index (χ0) is 13.0. The van der Waals surface area contributed by atoms with Crippen LogP contribution in [0, 0.1) is 5.82 Å². The van der Waals surface area contributed by atoms with E-state index in [1.165, 1.54) is 6.07 Å². The zero-order valence-electron chi connectivity index (χ0n) is 10.1. The number of hydrogen-bond acceptors (Lipinski definition) is 1. The smallest absolute Gasteiger partial charge is 0.251 e. The lowest BCUT2D eigenvalue weighted by Gasteiger charge is -2.15. The van der Waals surface area contributed by atoms with Gasteiger partial charge < -0.3 is 5.32 Å². The zero-order valence-corrected chi connectivity index (χ0v) is 10.1. The summed E-state index contributed by atoms with van der Waals surface area (Å²) in [6.07, 6.45) is 0. The molecule has 2 nitrogen and oxygen atoms in total. The Balaban J connectivity index is 2.11. The molecule has 0 aliphatic rings. The summed E-state index contributed by atoms with van der Waals surface area (Å²) in [4.78, 5) is 11.9. The van der Waals surface area contributed by atoms with Crippen molar-refractivity contribution < 1.29 is 9.18 Å². The molecule has 0 unspecified atom stereocenters. The SMILES string of the molecule is C[C@@H](NC(=O)c1ccccc1)c1ccccc1F. The van der Waals surface area contributed by atoms with E-state index in [0.717, 1.165) is 0 Å². The topological polar surface area (TPSA) is 29.1 Å². The van der Waals surface area contributed by atoms with E-state index in [1.807, 2.05) is 6.07 Å². The van der Waals surface area contributed by atoms with Crippen molar-refractivity contribution in [2.24, 2.45) is 0 Å². The van der Waals surface area contributed by atoms with Crippen LogP contribution in [0.15, 0.2) is 54.6 Å². The highest BCUT2D eigenvalue weighted by atomic mass is 19.1. The van der Waals surface area contributed by atoms with Crippen molar-refractivity contribution >= 4 is 5.91 Å². The van der Waals surface area contributed by atoms with Gasteiger partial charge in [-0.2, -0.15) is 0 Å².